The molecule has 1 unspecified atom stereocenters. The molecule has 0 aromatic carbocycles. The molecule has 2 aliphatic rings. The molecule has 1 saturated heterocycles. The lowest BCUT2D eigenvalue weighted by Crippen LogP contribution is -2.53. The first kappa shape index (κ1) is 12.4. The molecule has 16 heavy (non-hydrogen) atoms. The summed E-state index contributed by atoms with van der Waals surface area (Å²) in [4.78, 5) is 0. The van der Waals surface area contributed by atoms with E-state index in [0.717, 1.165) is 32.1 Å². The fraction of sp³-hybridized carbons (Fsp3) is 1.00. The number of hydrogen-bond acceptors (Lipinski definition) is 3. The Balaban J connectivity index is 1.80. The quantitative estimate of drug-likeness (QED) is 0.823. The molecule has 0 radical (unpaired) electrons. The average Bonchev–Trinajstić information content (AvgIpc) is 2.18. The van der Waals surface area contributed by atoms with Crippen LogP contribution >= 0.6 is 0 Å². The summed E-state index contributed by atoms with van der Waals surface area (Å²) in [7, 11) is -2.66. The monoisotopic (exact) mass is 245 g/mol. The molecule has 94 valence electrons. The Morgan fingerprint density at radius 1 is 1.31 bits per heavy atom. The second-order valence-electron chi connectivity index (χ2n) is 5.78. The second-order valence-corrected chi connectivity index (χ2v) is 7.85. The lowest BCUT2D eigenvalue weighted by molar-refractivity contribution is 0.187. The first-order valence-electron chi connectivity index (χ1n) is 6.41. The van der Waals surface area contributed by atoms with Gasteiger partial charge in [-0.15, -0.1) is 0 Å². The number of hydrogen-bond donors (Lipinski definition) is 1. The van der Waals surface area contributed by atoms with Gasteiger partial charge in [0.15, 0.2) is 9.84 Å². The SMILES string of the molecule is CCC(C)NC1CCC2(CC1)CS(=O)(=O)C2. The van der Waals surface area contributed by atoms with E-state index in [9.17, 15) is 8.42 Å². The fourth-order valence-electron chi connectivity index (χ4n) is 3.10. The van der Waals surface area contributed by atoms with E-state index < -0.39 is 9.84 Å². The van der Waals surface area contributed by atoms with Crippen molar-refractivity contribution in [1.29, 1.82) is 0 Å². The Morgan fingerprint density at radius 3 is 2.31 bits per heavy atom. The van der Waals surface area contributed by atoms with Crippen LogP contribution in [-0.4, -0.2) is 32.0 Å². The molecule has 2 fully saturated rings. The third-order valence-corrected chi connectivity index (χ3v) is 6.34. The molecule has 2 rings (SSSR count). The van der Waals surface area contributed by atoms with Crippen molar-refractivity contribution in [1.82, 2.24) is 5.32 Å². The third kappa shape index (κ3) is 2.59. The van der Waals surface area contributed by atoms with Gasteiger partial charge < -0.3 is 5.32 Å². The van der Waals surface area contributed by atoms with Gasteiger partial charge in [-0.3, -0.25) is 0 Å². The van der Waals surface area contributed by atoms with Gasteiger partial charge in [0, 0.05) is 12.1 Å². The molecule has 0 aromatic heterocycles. The summed E-state index contributed by atoms with van der Waals surface area (Å²) in [6.07, 6.45) is 5.66. The lowest BCUT2D eigenvalue weighted by atomic mass is 9.74. The molecule has 4 heteroatoms. The Hall–Kier alpha value is -0.0900. The molecule has 0 amide bonds. The number of rotatable bonds is 3. The predicted molar refractivity (Wildman–Crippen MR) is 66.2 cm³/mol. The van der Waals surface area contributed by atoms with Gasteiger partial charge in [0.05, 0.1) is 11.5 Å². The van der Waals surface area contributed by atoms with Gasteiger partial charge >= 0.3 is 0 Å². The molecule has 3 nitrogen and oxygen atoms in total. The lowest BCUT2D eigenvalue weighted by Gasteiger charge is -2.46. The molecule has 1 atom stereocenters. The van der Waals surface area contributed by atoms with Crippen molar-refractivity contribution in [3.8, 4) is 0 Å². The normalized spacial score (nSPS) is 29.9. The maximum Gasteiger partial charge on any atom is 0.151 e. The number of sulfone groups is 1. The van der Waals surface area contributed by atoms with Crippen LogP contribution in [0.1, 0.15) is 46.0 Å². The van der Waals surface area contributed by atoms with Gasteiger partial charge in [-0.2, -0.15) is 0 Å². The Morgan fingerprint density at radius 2 is 1.88 bits per heavy atom. The largest absolute Gasteiger partial charge is 0.312 e. The topological polar surface area (TPSA) is 46.2 Å². The van der Waals surface area contributed by atoms with E-state index in [4.69, 9.17) is 0 Å². The van der Waals surface area contributed by atoms with Gasteiger partial charge in [0.1, 0.15) is 0 Å². The van der Waals surface area contributed by atoms with Crippen molar-refractivity contribution in [3.63, 3.8) is 0 Å². The zero-order chi connectivity index (χ0) is 11.8. The van der Waals surface area contributed by atoms with E-state index in [-0.39, 0.29) is 5.41 Å². The minimum atomic E-state index is -2.66. The van der Waals surface area contributed by atoms with Gasteiger partial charge in [-0.1, -0.05) is 6.92 Å². The van der Waals surface area contributed by atoms with Crippen molar-refractivity contribution < 1.29 is 8.42 Å². The van der Waals surface area contributed by atoms with Gasteiger partial charge in [0.25, 0.3) is 0 Å². The summed E-state index contributed by atoms with van der Waals surface area (Å²) < 4.78 is 22.5. The Labute approximate surface area is 98.9 Å². The van der Waals surface area contributed by atoms with Crippen LogP contribution in [0.25, 0.3) is 0 Å². The molecule has 1 N–H and O–H groups in total. The third-order valence-electron chi connectivity index (χ3n) is 4.23. The molecule has 1 aliphatic carbocycles. The molecule has 1 spiro atoms. The highest BCUT2D eigenvalue weighted by Crippen LogP contribution is 2.45. The minimum Gasteiger partial charge on any atom is -0.312 e. The van der Waals surface area contributed by atoms with Crippen LogP contribution in [-0.2, 0) is 9.84 Å². The molecular weight excluding hydrogens is 222 g/mol. The zero-order valence-electron chi connectivity index (χ0n) is 10.3. The van der Waals surface area contributed by atoms with Crippen LogP contribution in [0.2, 0.25) is 0 Å². The van der Waals surface area contributed by atoms with Crippen LogP contribution in [0.4, 0.5) is 0 Å². The highest BCUT2D eigenvalue weighted by Gasteiger charge is 2.49. The van der Waals surface area contributed by atoms with Crippen molar-refractivity contribution in [2.45, 2.75) is 58.0 Å². The van der Waals surface area contributed by atoms with Crippen LogP contribution in [0.5, 0.6) is 0 Å². The van der Waals surface area contributed by atoms with Crippen molar-refractivity contribution in [3.05, 3.63) is 0 Å². The first-order valence-corrected chi connectivity index (χ1v) is 8.23. The summed E-state index contributed by atoms with van der Waals surface area (Å²) in [5.74, 6) is 0.909. The molecule has 1 saturated carbocycles. The average molecular weight is 245 g/mol. The highest BCUT2D eigenvalue weighted by molar-refractivity contribution is 7.92. The summed E-state index contributed by atoms with van der Waals surface area (Å²) in [6.45, 7) is 4.42. The Kier molecular flexibility index (Phi) is 3.32. The first-order chi connectivity index (χ1) is 7.45. The summed E-state index contributed by atoms with van der Waals surface area (Å²) >= 11 is 0. The number of nitrogens with one attached hydrogen (secondary N) is 1. The fourth-order valence-corrected chi connectivity index (χ4v) is 5.46. The molecule has 1 heterocycles. The standard InChI is InChI=1S/C12H23NO2S/c1-3-10(2)13-11-4-6-12(7-5-11)8-16(14,15)9-12/h10-11,13H,3-9H2,1-2H3. The van der Waals surface area contributed by atoms with Crippen LogP contribution < -0.4 is 5.32 Å². The van der Waals surface area contributed by atoms with E-state index in [1.807, 2.05) is 0 Å². The maximum atomic E-state index is 11.3. The summed E-state index contributed by atoms with van der Waals surface area (Å²) in [5, 5.41) is 3.63. The van der Waals surface area contributed by atoms with Crippen LogP contribution in [0.3, 0.4) is 0 Å². The van der Waals surface area contributed by atoms with Crippen molar-refractivity contribution in [2.24, 2.45) is 5.41 Å². The van der Waals surface area contributed by atoms with E-state index in [1.165, 1.54) is 0 Å². The molecule has 0 aromatic rings. The molecular formula is C12H23NO2S. The zero-order valence-corrected chi connectivity index (χ0v) is 11.1. The van der Waals surface area contributed by atoms with E-state index >= 15 is 0 Å². The maximum absolute atomic E-state index is 11.3. The van der Waals surface area contributed by atoms with Crippen LogP contribution in [0, 0.1) is 5.41 Å². The van der Waals surface area contributed by atoms with Crippen LogP contribution in [0.15, 0.2) is 0 Å². The van der Waals surface area contributed by atoms with E-state index in [0.29, 0.717) is 23.6 Å². The van der Waals surface area contributed by atoms with E-state index in [2.05, 4.69) is 19.2 Å². The smallest absolute Gasteiger partial charge is 0.151 e. The summed E-state index contributed by atoms with van der Waals surface area (Å²) in [5.41, 5.74) is 0.173. The van der Waals surface area contributed by atoms with Gasteiger partial charge in [0.2, 0.25) is 0 Å². The van der Waals surface area contributed by atoms with Crippen molar-refractivity contribution >= 4 is 9.84 Å². The molecule has 0 bridgehead atoms. The second kappa shape index (κ2) is 4.30. The molecule has 1 aliphatic heterocycles. The predicted octanol–water partition coefficient (Wildman–Crippen LogP) is 1.73. The van der Waals surface area contributed by atoms with Gasteiger partial charge in [-0.05, 0) is 44.4 Å². The van der Waals surface area contributed by atoms with E-state index in [1.54, 1.807) is 0 Å². The highest BCUT2D eigenvalue weighted by atomic mass is 32.2. The summed E-state index contributed by atoms with van der Waals surface area (Å²) in [6, 6.07) is 1.20. The van der Waals surface area contributed by atoms with Gasteiger partial charge in [-0.25, -0.2) is 8.42 Å². The minimum absolute atomic E-state index is 0.173. The van der Waals surface area contributed by atoms with Crippen molar-refractivity contribution in [2.75, 3.05) is 11.5 Å². The Bertz CT molecular complexity index is 328.